The molecule has 0 aromatic carbocycles. The van der Waals surface area contributed by atoms with Crippen molar-refractivity contribution in [2.45, 2.75) is 37.8 Å². The van der Waals surface area contributed by atoms with E-state index in [0.717, 1.165) is 30.8 Å². The number of piperidine rings is 1. The third-order valence-corrected chi connectivity index (χ3v) is 3.72. The Morgan fingerprint density at radius 1 is 1.06 bits per heavy atom. The molecule has 2 aliphatic heterocycles. The molecule has 0 aromatic heterocycles. The van der Waals surface area contributed by atoms with Gasteiger partial charge in [-0.15, -0.1) is 0 Å². The van der Waals surface area contributed by atoms with Crippen molar-refractivity contribution < 1.29 is 19.8 Å². The molecule has 2 N–H and O–H groups in total. The fraction of sp³-hybridized carbons (Fsp3) is 0.818. The van der Waals surface area contributed by atoms with E-state index in [1.807, 2.05) is 0 Å². The maximum Gasteiger partial charge on any atom is 0.408 e. The molecule has 0 spiro atoms. The number of carboxylic acids is 1. The molecule has 0 radical (unpaired) electrons. The number of carbonyl (C=O) groups is 2. The van der Waals surface area contributed by atoms with E-state index in [0.29, 0.717) is 13.0 Å². The molecule has 1 amide bonds. The molecule has 2 fully saturated rings. The van der Waals surface area contributed by atoms with Crippen molar-refractivity contribution in [2.75, 3.05) is 19.6 Å². The summed E-state index contributed by atoms with van der Waals surface area (Å²) in [5.41, 5.74) is 0. The van der Waals surface area contributed by atoms with Crippen molar-refractivity contribution in [3.8, 4) is 0 Å². The summed E-state index contributed by atoms with van der Waals surface area (Å²) >= 11 is 0. The van der Waals surface area contributed by atoms with Crippen LogP contribution in [-0.4, -0.2) is 63.8 Å². The summed E-state index contributed by atoms with van der Waals surface area (Å²) < 4.78 is 0. The maximum atomic E-state index is 11.0. The van der Waals surface area contributed by atoms with Gasteiger partial charge >= 0.3 is 12.1 Å². The summed E-state index contributed by atoms with van der Waals surface area (Å²) in [4.78, 5) is 25.3. The van der Waals surface area contributed by atoms with Gasteiger partial charge in [-0.3, -0.25) is 9.80 Å². The number of hydrogen-bond acceptors (Lipinski definition) is 3. The fourth-order valence-electron chi connectivity index (χ4n) is 2.81. The lowest BCUT2D eigenvalue weighted by Gasteiger charge is -2.31. The number of aliphatic carboxylic acids is 1. The Labute approximate surface area is 99.8 Å². The summed E-state index contributed by atoms with van der Waals surface area (Å²) in [5.74, 6) is -1.04. The number of carboxylic acid groups (broad SMARTS) is 2. The molecule has 0 aliphatic carbocycles. The van der Waals surface area contributed by atoms with Gasteiger partial charge in [0.15, 0.2) is 0 Å². The van der Waals surface area contributed by atoms with E-state index in [2.05, 4.69) is 4.90 Å². The van der Waals surface area contributed by atoms with Gasteiger partial charge in [0.05, 0.1) is 0 Å². The Morgan fingerprint density at radius 2 is 1.71 bits per heavy atom. The molecule has 2 unspecified atom stereocenters. The number of likely N-dealkylation sites (tertiary alicyclic amines) is 2. The van der Waals surface area contributed by atoms with Crippen LogP contribution in [0.4, 0.5) is 4.79 Å². The fourth-order valence-corrected chi connectivity index (χ4v) is 2.81. The van der Waals surface area contributed by atoms with Crippen LogP contribution in [0, 0.1) is 0 Å². The minimum atomic E-state index is -1.13. The first-order valence-electron chi connectivity index (χ1n) is 6.06. The predicted molar refractivity (Wildman–Crippen MR) is 60.0 cm³/mol. The standard InChI is InChI=1S/C11H18N2O4/c14-10(15)9-6-8(7-13(9)11(16)17)12-4-2-1-3-5-12/h8-9H,1-7H2,(H,14,15)(H,16,17). The van der Waals surface area contributed by atoms with Crippen LogP contribution < -0.4 is 0 Å². The molecule has 2 aliphatic rings. The van der Waals surface area contributed by atoms with Crippen LogP contribution in [0.1, 0.15) is 25.7 Å². The monoisotopic (exact) mass is 242 g/mol. The Morgan fingerprint density at radius 3 is 2.18 bits per heavy atom. The second kappa shape index (κ2) is 4.91. The highest BCUT2D eigenvalue weighted by molar-refractivity contribution is 5.80. The normalized spacial score (nSPS) is 30.5. The van der Waals surface area contributed by atoms with Gasteiger partial charge in [-0.25, -0.2) is 9.59 Å². The van der Waals surface area contributed by atoms with Crippen molar-refractivity contribution in [2.24, 2.45) is 0 Å². The van der Waals surface area contributed by atoms with Crippen LogP contribution in [0.2, 0.25) is 0 Å². The smallest absolute Gasteiger partial charge is 0.408 e. The lowest BCUT2D eigenvalue weighted by molar-refractivity contribution is -0.141. The minimum absolute atomic E-state index is 0.0764. The molecule has 96 valence electrons. The number of hydrogen-bond donors (Lipinski definition) is 2. The van der Waals surface area contributed by atoms with Crippen LogP contribution in [0.5, 0.6) is 0 Å². The summed E-state index contributed by atoms with van der Waals surface area (Å²) in [7, 11) is 0. The number of amides is 1. The Balaban J connectivity index is 2.02. The highest BCUT2D eigenvalue weighted by atomic mass is 16.4. The van der Waals surface area contributed by atoms with Crippen LogP contribution in [0.15, 0.2) is 0 Å². The first kappa shape index (κ1) is 12.2. The molecule has 17 heavy (non-hydrogen) atoms. The van der Waals surface area contributed by atoms with Gasteiger partial charge in [0.2, 0.25) is 0 Å². The maximum absolute atomic E-state index is 11.0. The first-order chi connectivity index (χ1) is 8.09. The average Bonchev–Trinajstić information content (AvgIpc) is 2.75. The zero-order chi connectivity index (χ0) is 12.4. The molecular formula is C11H18N2O4. The van der Waals surface area contributed by atoms with Gasteiger partial charge in [0.25, 0.3) is 0 Å². The zero-order valence-corrected chi connectivity index (χ0v) is 9.71. The van der Waals surface area contributed by atoms with Gasteiger partial charge in [0.1, 0.15) is 6.04 Å². The summed E-state index contributed by atoms with van der Waals surface area (Å²) in [6.07, 6.45) is 2.76. The van der Waals surface area contributed by atoms with E-state index in [9.17, 15) is 9.59 Å². The molecule has 0 saturated carbocycles. The highest BCUT2D eigenvalue weighted by Gasteiger charge is 2.41. The molecular weight excluding hydrogens is 224 g/mol. The molecule has 6 nitrogen and oxygen atoms in total. The van der Waals surface area contributed by atoms with E-state index in [1.54, 1.807) is 0 Å². The van der Waals surface area contributed by atoms with Crippen molar-refractivity contribution in [1.29, 1.82) is 0 Å². The van der Waals surface area contributed by atoms with Gasteiger partial charge in [-0.1, -0.05) is 6.42 Å². The van der Waals surface area contributed by atoms with Gasteiger partial charge in [-0.2, -0.15) is 0 Å². The minimum Gasteiger partial charge on any atom is -0.480 e. The van der Waals surface area contributed by atoms with Crippen molar-refractivity contribution >= 4 is 12.1 Å². The van der Waals surface area contributed by atoms with Crippen LogP contribution in [0.25, 0.3) is 0 Å². The zero-order valence-electron chi connectivity index (χ0n) is 9.71. The van der Waals surface area contributed by atoms with Gasteiger partial charge in [0, 0.05) is 12.6 Å². The molecule has 2 saturated heterocycles. The van der Waals surface area contributed by atoms with Gasteiger partial charge < -0.3 is 10.2 Å². The van der Waals surface area contributed by atoms with Crippen LogP contribution in [0.3, 0.4) is 0 Å². The third kappa shape index (κ3) is 2.52. The summed E-state index contributed by atoms with van der Waals surface area (Å²) in [6.45, 7) is 2.25. The van der Waals surface area contributed by atoms with E-state index in [4.69, 9.17) is 10.2 Å². The molecule has 6 heteroatoms. The second-order valence-corrected chi connectivity index (χ2v) is 4.78. The lowest BCUT2D eigenvalue weighted by Crippen LogP contribution is -2.42. The molecule has 2 heterocycles. The third-order valence-electron chi connectivity index (χ3n) is 3.72. The summed E-state index contributed by atoms with van der Waals surface area (Å²) in [6, 6.07) is -0.799. The molecule has 2 atom stereocenters. The van der Waals surface area contributed by atoms with Crippen molar-refractivity contribution in [3.63, 3.8) is 0 Å². The second-order valence-electron chi connectivity index (χ2n) is 4.78. The van der Waals surface area contributed by atoms with E-state index >= 15 is 0 Å². The van der Waals surface area contributed by atoms with E-state index < -0.39 is 18.1 Å². The largest absolute Gasteiger partial charge is 0.480 e. The first-order valence-corrected chi connectivity index (χ1v) is 6.06. The predicted octanol–water partition coefficient (Wildman–Crippen LogP) is 0.678. The molecule has 0 aromatic rings. The van der Waals surface area contributed by atoms with E-state index in [1.165, 1.54) is 6.42 Å². The van der Waals surface area contributed by atoms with Crippen LogP contribution in [-0.2, 0) is 4.79 Å². The highest BCUT2D eigenvalue weighted by Crippen LogP contribution is 2.25. The topological polar surface area (TPSA) is 81.1 Å². The van der Waals surface area contributed by atoms with E-state index in [-0.39, 0.29) is 6.04 Å². The lowest BCUT2D eigenvalue weighted by atomic mass is 10.1. The Hall–Kier alpha value is -1.30. The number of nitrogens with zero attached hydrogens (tertiary/aromatic N) is 2. The Bertz CT molecular complexity index is 293. The van der Waals surface area contributed by atoms with Gasteiger partial charge in [-0.05, 0) is 32.4 Å². The van der Waals surface area contributed by atoms with Crippen LogP contribution >= 0.6 is 0 Å². The quantitative estimate of drug-likeness (QED) is 0.744. The number of rotatable bonds is 2. The average molecular weight is 242 g/mol. The Kier molecular flexibility index (Phi) is 3.51. The van der Waals surface area contributed by atoms with Crippen molar-refractivity contribution in [3.05, 3.63) is 0 Å². The molecule has 2 rings (SSSR count). The molecule has 0 bridgehead atoms. The van der Waals surface area contributed by atoms with Crippen molar-refractivity contribution in [1.82, 2.24) is 9.80 Å². The SMILES string of the molecule is O=C(O)C1CC(N2CCCCC2)CN1C(=O)O. The summed E-state index contributed by atoms with van der Waals surface area (Å²) in [5, 5.41) is 18.0.